The van der Waals surface area contributed by atoms with E-state index in [9.17, 15) is 9.90 Å². The molecule has 1 amide bonds. The number of nitrogens with zero attached hydrogens (tertiary/aromatic N) is 3. The second-order valence-corrected chi connectivity index (χ2v) is 9.81. The predicted molar refractivity (Wildman–Crippen MR) is 104 cm³/mol. The highest BCUT2D eigenvalue weighted by Gasteiger charge is 2.53. The number of carbonyl (C=O) groups is 1. The van der Waals surface area contributed by atoms with Gasteiger partial charge in [0.2, 0.25) is 0 Å². The molecule has 4 heterocycles. The smallest absolute Gasteiger partial charge is 0.257 e. The monoisotopic (exact) mass is 391 g/mol. The molecule has 156 valence electrons. The molecule has 3 saturated heterocycles. The van der Waals surface area contributed by atoms with Gasteiger partial charge in [0, 0.05) is 26.3 Å². The van der Waals surface area contributed by atoms with Crippen molar-refractivity contribution < 1.29 is 19.4 Å². The van der Waals surface area contributed by atoms with Gasteiger partial charge in [0.15, 0.2) is 0 Å². The van der Waals surface area contributed by atoms with Crippen LogP contribution in [-0.2, 0) is 16.5 Å². The van der Waals surface area contributed by atoms with Gasteiger partial charge in [-0.1, -0.05) is 0 Å². The number of likely N-dealkylation sites (tertiary alicyclic amines) is 1. The summed E-state index contributed by atoms with van der Waals surface area (Å²) in [6, 6.07) is 0. The molecule has 1 aromatic rings. The largest absolute Gasteiger partial charge is 0.388 e. The first kappa shape index (κ1) is 19.9. The van der Waals surface area contributed by atoms with E-state index in [-0.39, 0.29) is 29.1 Å². The number of aliphatic hydroxyl groups is 1. The Kier molecular flexibility index (Phi) is 4.83. The summed E-state index contributed by atoms with van der Waals surface area (Å²) >= 11 is 0. The second-order valence-electron chi connectivity index (χ2n) is 9.81. The summed E-state index contributed by atoms with van der Waals surface area (Å²) < 4.78 is 14.2. The van der Waals surface area contributed by atoms with Crippen molar-refractivity contribution in [1.82, 2.24) is 14.7 Å². The van der Waals surface area contributed by atoms with Gasteiger partial charge in [0.05, 0.1) is 41.8 Å². The van der Waals surface area contributed by atoms with Crippen molar-refractivity contribution in [3.05, 3.63) is 18.0 Å². The number of hydrogen-bond donors (Lipinski definition) is 1. The first-order valence-electron chi connectivity index (χ1n) is 10.4. The zero-order valence-electron chi connectivity index (χ0n) is 17.5. The highest BCUT2D eigenvalue weighted by molar-refractivity contribution is 5.93. The Morgan fingerprint density at radius 3 is 2.61 bits per heavy atom. The summed E-state index contributed by atoms with van der Waals surface area (Å²) in [5, 5.41) is 14.4. The molecular weight excluding hydrogens is 358 g/mol. The van der Waals surface area contributed by atoms with E-state index in [1.54, 1.807) is 17.1 Å². The van der Waals surface area contributed by atoms with Crippen LogP contribution in [0.5, 0.6) is 0 Å². The molecule has 3 fully saturated rings. The fourth-order valence-electron chi connectivity index (χ4n) is 5.02. The molecule has 3 aliphatic rings. The van der Waals surface area contributed by atoms with Crippen LogP contribution in [0.3, 0.4) is 0 Å². The molecular formula is C21H33N3O4. The van der Waals surface area contributed by atoms with E-state index in [0.29, 0.717) is 5.56 Å². The third kappa shape index (κ3) is 3.60. The summed E-state index contributed by atoms with van der Waals surface area (Å²) in [7, 11) is 1.83. The third-order valence-corrected chi connectivity index (χ3v) is 7.06. The minimum atomic E-state index is -0.827. The standard InChI is InChI=1S/C21H33N3O4/c1-19(2,26)16-5-6-20(3,28-16)17-11-21(14-27-17)7-9-24(10-8-21)18(25)15-12-22-23(4)13-15/h12-13,16-17,26H,5-11,14H2,1-4H3/t16-,17-,20+/m0/s1. The van der Waals surface area contributed by atoms with E-state index in [1.807, 2.05) is 25.8 Å². The first-order chi connectivity index (χ1) is 13.1. The molecule has 1 aromatic heterocycles. The quantitative estimate of drug-likeness (QED) is 0.854. The summed E-state index contributed by atoms with van der Waals surface area (Å²) in [6.07, 6.45) is 7.99. The average Bonchev–Trinajstić information content (AvgIpc) is 3.35. The van der Waals surface area contributed by atoms with Crippen molar-refractivity contribution in [2.24, 2.45) is 12.5 Å². The van der Waals surface area contributed by atoms with Crippen LogP contribution in [0.15, 0.2) is 12.4 Å². The molecule has 0 aliphatic carbocycles. The molecule has 0 unspecified atom stereocenters. The van der Waals surface area contributed by atoms with E-state index in [1.165, 1.54) is 0 Å². The van der Waals surface area contributed by atoms with E-state index < -0.39 is 5.60 Å². The SMILES string of the molecule is Cn1cc(C(=O)N2CCC3(CC2)CO[C@H]([C@@]2(C)CC[C@@H](C(C)(C)O)O2)C3)cn1. The maximum atomic E-state index is 12.7. The van der Waals surface area contributed by atoms with Gasteiger partial charge in [-0.3, -0.25) is 9.48 Å². The molecule has 1 spiro atoms. The van der Waals surface area contributed by atoms with Crippen molar-refractivity contribution in [3.63, 3.8) is 0 Å². The molecule has 7 heteroatoms. The van der Waals surface area contributed by atoms with E-state index >= 15 is 0 Å². The number of aromatic nitrogens is 2. The number of rotatable bonds is 3. The number of hydrogen-bond acceptors (Lipinski definition) is 5. The molecule has 0 aromatic carbocycles. The Hall–Kier alpha value is -1.44. The molecule has 1 N–H and O–H groups in total. The minimum Gasteiger partial charge on any atom is -0.388 e. The topological polar surface area (TPSA) is 76.8 Å². The zero-order chi connectivity index (χ0) is 20.2. The van der Waals surface area contributed by atoms with Gasteiger partial charge < -0.3 is 19.5 Å². The summed E-state index contributed by atoms with van der Waals surface area (Å²) in [5.74, 6) is 0.0672. The third-order valence-electron chi connectivity index (χ3n) is 7.06. The number of aryl methyl sites for hydroxylation is 1. The summed E-state index contributed by atoms with van der Waals surface area (Å²) in [6.45, 7) is 8.01. The first-order valence-corrected chi connectivity index (χ1v) is 10.4. The van der Waals surface area contributed by atoms with Crippen molar-refractivity contribution >= 4 is 5.91 Å². The average molecular weight is 392 g/mol. The molecule has 3 atom stereocenters. The fourth-order valence-corrected chi connectivity index (χ4v) is 5.02. The number of carbonyl (C=O) groups excluding carboxylic acids is 1. The summed E-state index contributed by atoms with van der Waals surface area (Å²) in [4.78, 5) is 14.6. The Morgan fingerprint density at radius 1 is 1.32 bits per heavy atom. The van der Waals surface area contributed by atoms with Crippen LogP contribution < -0.4 is 0 Å². The second kappa shape index (κ2) is 6.82. The van der Waals surface area contributed by atoms with Gasteiger partial charge in [-0.05, 0) is 58.3 Å². The number of ether oxygens (including phenoxy) is 2. The van der Waals surface area contributed by atoms with Crippen LogP contribution in [-0.4, -0.2) is 68.8 Å². The lowest BCUT2D eigenvalue weighted by atomic mass is 9.74. The van der Waals surface area contributed by atoms with E-state index in [2.05, 4.69) is 12.0 Å². The van der Waals surface area contributed by atoms with Gasteiger partial charge in [-0.25, -0.2) is 0 Å². The van der Waals surface area contributed by atoms with Gasteiger partial charge in [-0.15, -0.1) is 0 Å². The fraction of sp³-hybridized carbons (Fsp3) is 0.810. The maximum absolute atomic E-state index is 12.7. The molecule has 28 heavy (non-hydrogen) atoms. The molecule has 4 rings (SSSR count). The van der Waals surface area contributed by atoms with Crippen LogP contribution in [0.2, 0.25) is 0 Å². The van der Waals surface area contributed by atoms with Crippen LogP contribution in [0, 0.1) is 5.41 Å². The van der Waals surface area contributed by atoms with Crippen molar-refractivity contribution in [2.45, 2.75) is 76.3 Å². The number of amides is 1. The maximum Gasteiger partial charge on any atom is 0.257 e. The number of piperidine rings is 1. The lowest BCUT2D eigenvalue weighted by Gasteiger charge is -2.39. The van der Waals surface area contributed by atoms with Crippen molar-refractivity contribution in [1.29, 1.82) is 0 Å². The van der Waals surface area contributed by atoms with E-state index in [0.717, 1.165) is 51.8 Å². The lowest BCUT2D eigenvalue weighted by Crippen LogP contribution is -2.45. The minimum absolute atomic E-state index is 0.0559. The summed E-state index contributed by atoms with van der Waals surface area (Å²) in [5.41, 5.74) is -0.373. The van der Waals surface area contributed by atoms with Crippen LogP contribution in [0.4, 0.5) is 0 Å². The zero-order valence-corrected chi connectivity index (χ0v) is 17.5. The van der Waals surface area contributed by atoms with Crippen LogP contribution in [0.25, 0.3) is 0 Å². The van der Waals surface area contributed by atoms with Gasteiger partial charge >= 0.3 is 0 Å². The Bertz CT molecular complexity index is 732. The highest BCUT2D eigenvalue weighted by atomic mass is 16.6. The van der Waals surface area contributed by atoms with Crippen LogP contribution >= 0.6 is 0 Å². The molecule has 0 saturated carbocycles. The highest BCUT2D eigenvalue weighted by Crippen LogP contribution is 2.49. The van der Waals surface area contributed by atoms with Gasteiger partial charge in [0.25, 0.3) is 5.91 Å². The molecule has 7 nitrogen and oxygen atoms in total. The van der Waals surface area contributed by atoms with Crippen LogP contribution in [0.1, 0.15) is 63.2 Å². The Labute approximate surface area is 167 Å². The Morgan fingerprint density at radius 2 is 2.04 bits per heavy atom. The van der Waals surface area contributed by atoms with Gasteiger partial charge in [-0.2, -0.15) is 5.10 Å². The predicted octanol–water partition coefficient (Wildman–Crippen LogP) is 2.14. The van der Waals surface area contributed by atoms with Crippen molar-refractivity contribution in [3.8, 4) is 0 Å². The Balaban J connectivity index is 1.35. The van der Waals surface area contributed by atoms with Gasteiger partial charge in [0.1, 0.15) is 0 Å². The molecule has 0 radical (unpaired) electrons. The lowest BCUT2D eigenvalue weighted by molar-refractivity contribution is -0.155. The van der Waals surface area contributed by atoms with Crippen molar-refractivity contribution in [2.75, 3.05) is 19.7 Å². The molecule has 0 bridgehead atoms. The molecule has 3 aliphatic heterocycles. The normalized spacial score (nSPS) is 33.0. The van der Waals surface area contributed by atoms with E-state index in [4.69, 9.17) is 9.47 Å².